The summed E-state index contributed by atoms with van der Waals surface area (Å²) in [7, 11) is 3.25. The van der Waals surface area contributed by atoms with Crippen LogP contribution in [0.1, 0.15) is 5.56 Å². The number of anilines is 2. The fourth-order valence-corrected chi connectivity index (χ4v) is 2.55. The van der Waals surface area contributed by atoms with Crippen molar-refractivity contribution in [2.75, 3.05) is 19.2 Å². The van der Waals surface area contributed by atoms with Gasteiger partial charge in [0.25, 0.3) is 0 Å². The molecule has 0 aliphatic heterocycles. The van der Waals surface area contributed by atoms with Gasteiger partial charge in [0.05, 0.1) is 31.8 Å². The van der Waals surface area contributed by atoms with Crippen molar-refractivity contribution in [3.05, 3.63) is 84.4 Å². The van der Waals surface area contributed by atoms with Crippen LogP contribution in [0.15, 0.2) is 84.0 Å². The molecular formula is C21H20N2O2. The van der Waals surface area contributed by atoms with E-state index in [0.717, 1.165) is 16.9 Å². The van der Waals surface area contributed by atoms with E-state index in [1.54, 1.807) is 20.4 Å². The molecule has 4 nitrogen and oxygen atoms in total. The maximum absolute atomic E-state index is 5.48. The van der Waals surface area contributed by atoms with Gasteiger partial charge in [-0.05, 0) is 36.4 Å². The number of ether oxygens (including phenoxy) is 2. The van der Waals surface area contributed by atoms with E-state index < -0.39 is 0 Å². The van der Waals surface area contributed by atoms with E-state index in [1.165, 1.54) is 0 Å². The Bertz CT molecular complexity index is 794. The van der Waals surface area contributed by atoms with E-state index in [2.05, 4.69) is 0 Å². The second-order valence-corrected chi connectivity index (χ2v) is 5.31. The molecule has 0 aliphatic rings. The topological polar surface area (TPSA) is 34.1 Å². The Morgan fingerprint density at radius 1 is 0.720 bits per heavy atom. The average molecular weight is 332 g/mol. The molecule has 0 fully saturated rings. The first kappa shape index (κ1) is 16.6. The van der Waals surface area contributed by atoms with Gasteiger partial charge in [-0.25, -0.2) is 5.01 Å². The van der Waals surface area contributed by atoms with Gasteiger partial charge >= 0.3 is 0 Å². The Morgan fingerprint density at radius 2 is 1.32 bits per heavy atom. The molecule has 3 rings (SSSR count). The van der Waals surface area contributed by atoms with E-state index in [1.807, 2.05) is 83.9 Å². The van der Waals surface area contributed by atoms with Crippen molar-refractivity contribution in [1.82, 2.24) is 0 Å². The van der Waals surface area contributed by atoms with Crippen molar-refractivity contribution in [3.63, 3.8) is 0 Å². The summed E-state index contributed by atoms with van der Waals surface area (Å²) in [6, 6.07) is 25.8. The molecule has 0 bridgehead atoms. The van der Waals surface area contributed by atoms with E-state index in [-0.39, 0.29) is 0 Å². The van der Waals surface area contributed by atoms with Crippen molar-refractivity contribution in [1.29, 1.82) is 0 Å². The van der Waals surface area contributed by atoms with E-state index in [4.69, 9.17) is 14.6 Å². The van der Waals surface area contributed by atoms with Crippen molar-refractivity contribution >= 4 is 17.6 Å². The number of nitrogens with zero attached hydrogens (tertiary/aromatic N) is 2. The summed E-state index contributed by atoms with van der Waals surface area (Å²) in [6.07, 6.45) is 1.78. The Morgan fingerprint density at radius 3 is 1.84 bits per heavy atom. The van der Waals surface area contributed by atoms with Crippen molar-refractivity contribution in [2.45, 2.75) is 0 Å². The standard InChI is InChI=1S/C21H20N2O2/c1-24-20-15-9-10-17(21(20)25-2)16-22-23(18-11-5-3-6-12-18)19-13-7-4-8-14-19/h3-16H,1-2H3/b22-16+. The quantitative estimate of drug-likeness (QED) is 0.477. The molecule has 4 heteroatoms. The van der Waals surface area contributed by atoms with Crippen LogP contribution >= 0.6 is 0 Å². The predicted molar refractivity (Wildman–Crippen MR) is 102 cm³/mol. The lowest BCUT2D eigenvalue weighted by Crippen LogP contribution is -2.09. The minimum Gasteiger partial charge on any atom is -0.493 e. The molecule has 3 aromatic rings. The summed E-state index contributed by atoms with van der Waals surface area (Å²) in [5, 5.41) is 6.58. The van der Waals surface area contributed by atoms with Crippen LogP contribution < -0.4 is 14.5 Å². The molecule has 0 radical (unpaired) electrons. The van der Waals surface area contributed by atoms with Crippen LogP contribution in [0.5, 0.6) is 11.5 Å². The Labute approximate surface area is 147 Å². The first-order chi connectivity index (χ1) is 12.3. The Hall–Kier alpha value is -3.27. The number of hydrogen-bond donors (Lipinski definition) is 0. The molecule has 3 aromatic carbocycles. The van der Waals surface area contributed by atoms with Crippen molar-refractivity contribution in [3.8, 4) is 11.5 Å². The molecule has 0 N–H and O–H groups in total. The number of rotatable bonds is 6. The van der Waals surface area contributed by atoms with E-state index >= 15 is 0 Å². The largest absolute Gasteiger partial charge is 0.493 e. The van der Waals surface area contributed by atoms with Crippen molar-refractivity contribution in [2.24, 2.45) is 5.10 Å². The van der Waals surface area contributed by atoms with Gasteiger partial charge in [-0.1, -0.05) is 42.5 Å². The lowest BCUT2D eigenvalue weighted by atomic mass is 10.2. The lowest BCUT2D eigenvalue weighted by molar-refractivity contribution is 0.354. The van der Waals surface area contributed by atoms with Crippen LogP contribution in [-0.2, 0) is 0 Å². The summed E-state index contributed by atoms with van der Waals surface area (Å²) >= 11 is 0. The highest BCUT2D eigenvalue weighted by Gasteiger charge is 2.10. The maximum Gasteiger partial charge on any atom is 0.169 e. The summed E-state index contributed by atoms with van der Waals surface area (Å²) in [5.74, 6) is 1.34. The normalized spacial score (nSPS) is 10.6. The fraction of sp³-hybridized carbons (Fsp3) is 0.0952. The van der Waals surface area contributed by atoms with Crippen LogP contribution in [-0.4, -0.2) is 20.4 Å². The van der Waals surface area contributed by atoms with Crippen LogP contribution in [0.4, 0.5) is 11.4 Å². The van der Waals surface area contributed by atoms with Gasteiger partial charge in [0.2, 0.25) is 0 Å². The van der Waals surface area contributed by atoms with Crippen LogP contribution in [0.25, 0.3) is 0 Å². The predicted octanol–water partition coefficient (Wildman–Crippen LogP) is 4.88. The Balaban J connectivity index is 2.01. The molecule has 0 atom stereocenters. The zero-order valence-corrected chi connectivity index (χ0v) is 14.3. The average Bonchev–Trinajstić information content (AvgIpc) is 2.69. The molecular weight excluding hydrogens is 312 g/mol. The summed E-state index contributed by atoms with van der Waals surface area (Å²) < 4.78 is 10.8. The zero-order valence-electron chi connectivity index (χ0n) is 14.3. The third kappa shape index (κ3) is 3.80. The lowest BCUT2D eigenvalue weighted by Gasteiger charge is -2.19. The number of methoxy groups -OCH3 is 2. The molecule has 0 saturated carbocycles. The highest BCUT2D eigenvalue weighted by Crippen LogP contribution is 2.30. The molecule has 0 spiro atoms. The maximum atomic E-state index is 5.48. The summed E-state index contributed by atoms with van der Waals surface area (Å²) in [4.78, 5) is 0. The summed E-state index contributed by atoms with van der Waals surface area (Å²) in [5.41, 5.74) is 2.80. The number of hydrazone groups is 1. The second-order valence-electron chi connectivity index (χ2n) is 5.31. The smallest absolute Gasteiger partial charge is 0.169 e. The van der Waals surface area contributed by atoms with Crippen LogP contribution in [0, 0.1) is 0 Å². The van der Waals surface area contributed by atoms with Gasteiger partial charge in [0.15, 0.2) is 11.5 Å². The van der Waals surface area contributed by atoms with Crippen molar-refractivity contribution < 1.29 is 9.47 Å². The van der Waals surface area contributed by atoms with Gasteiger partial charge in [0.1, 0.15) is 0 Å². The first-order valence-electron chi connectivity index (χ1n) is 7.98. The van der Waals surface area contributed by atoms with E-state index in [0.29, 0.717) is 11.5 Å². The number of para-hydroxylation sites is 3. The molecule has 126 valence electrons. The zero-order chi connectivity index (χ0) is 17.5. The second kappa shape index (κ2) is 8.02. The highest BCUT2D eigenvalue weighted by atomic mass is 16.5. The van der Waals surface area contributed by atoms with Gasteiger partial charge in [-0.2, -0.15) is 5.10 Å². The minimum atomic E-state index is 0.662. The van der Waals surface area contributed by atoms with Gasteiger partial charge in [-0.3, -0.25) is 0 Å². The highest BCUT2D eigenvalue weighted by molar-refractivity contribution is 5.86. The molecule has 0 aliphatic carbocycles. The molecule has 0 saturated heterocycles. The molecule has 0 heterocycles. The number of hydrogen-bond acceptors (Lipinski definition) is 4. The third-order valence-corrected chi connectivity index (χ3v) is 3.75. The molecule has 0 amide bonds. The monoisotopic (exact) mass is 332 g/mol. The van der Waals surface area contributed by atoms with E-state index in [9.17, 15) is 0 Å². The number of benzene rings is 3. The Kier molecular flexibility index (Phi) is 5.32. The van der Waals surface area contributed by atoms with Gasteiger partial charge < -0.3 is 9.47 Å². The molecule has 25 heavy (non-hydrogen) atoms. The first-order valence-corrected chi connectivity index (χ1v) is 7.98. The van der Waals surface area contributed by atoms with Crippen LogP contribution in [0.2, 0.25) is 0 Å². The minimum absolute atomic E-state index is 0.662. The molecule has 0 aromatic heterocycles. The summed E-state index contributed by atoms with van der Waals surface area (Å²) in [6.45, 7) is 0. The SMILES string of the molecule is COc1cccc(/C=N/N(c2ccccc2)c2ccccc2)c1OC. The van der Waals surface area contributed by atoms with Gasteiger partial charge in [0, 0.05) is 5.56 Å². The molecule has 0 unspecified atom stereocenters. The van der Waals surface area contributed by atoms with Crippen LogP contribution in [0.3, 0.4) is 0 Å². The van der Waals surface area contributed by atoms with Gasteiger partial charge in [-0.15, -0.1) is 0 Å². The fourth-order valence-electron chi connectivity index (χ4n) is 2.55. The third-order valence-electron chi connectivity index (χ3n) is 3.75.